The van der Waals surface area contributed by atoms with E-state index >= 15 is 0 Å². The van der Waals surface area contributed by atoms with Crippen LogP contribution in [0.4, 0.5) is 0 Å². The van der Waals surface area contributed by atoms with Gasteiger partial charge in [0.1, 0.15) is 5.15 Å². The van der Waals surface area contributed by atoms with Gasteiger partial charge >= 0.3 is 0 Å². The van der Waals surface area contributed by atoms with Crippen LogP contribution < -0.4 is 5.32 Å². The number of hydrogen-bond acceptors (Lipinski definition) is 2. The van der Waals surface area contributed by atoms with E-state index in [1.807, 2.05) is 12.3 Å². The predicted octanol–water partition coefficient (Wildman–Crippen LogP) is 2.50. The number of rotatable bonds is 1. The molecule has 2 heterocycles. The van der Waals surface area contributed by atoms with Crippen LogP contribution in [-0.2, 0) is 0 Å². The van der Waals surface area contributed by atoms with Crippen LogP contribution in [0.15, 0.2) is 24.4 Å². The molecule has 2 unspecified atom stereocenters. The normalized spacial score (nSPS) is 29.0. The topological polar surface area (TPSA) is 24.9 Å². The first-order valence-corrected chi connectivity index (χ1v) is 5.77. The van der Waals surface area contributed by atoms with Crippen LogP contribution in [0.3, 0.4) is 0 Å². The second-order valence-electron chi connectivity index (χ2n) is 4.29. The third-order valence-corrected chi connectivity index (χ3v) is 3.59. The van der Waals surface area contributed by atoms with E-state index in [0.29, 0.717) is 11.2 Å². The minimum Gasteiger partial charge on any atom is -0.310 e. The molecule has 2 atom stereocenters. The molecule has 0 bridgehead atoms. The molecule has 1 aromatic rings. The predicted molar refractivity (Wildman–Crippen MR) is 61.7 cm³/mol. The monoisotopic (exact) mass is 220 g/mol. The lowest BCUT2D eigenvalue weighted by atomic mass is 10.00. The van der Waals surface area contributed by atoms with Crippen molar-refractivity contribution < 1.29 is 0 Å². The molecule has 1 saturated heterocycles. The van der Waals surface area contributed by atoms with E-state index in [9.17, 15) is 0 Å². The second-order valence-corrected chi connectivity index (χ2v) is 4.68. The molecule has 0 saturated carbocycles. The van der Waals surface area contributed by atoms with E-state index in [2.05, 4.69) is 22.4 Å². The van der Waals surface area contributed by atoms with Crippen molar-refractivity contribution in [1.82, 2.24) is 10.3 Å². The van der Waals surface area contributed by atoms with Gasteiger partial charge in [0.2, 0.25) is 0 Å². The molecule has 15 heavy (non-hydrogen) atoms. The largest absolute Gasteiger partial charge is 0.310 e. The minimum atomic E-state index is 0.565. The van der Waals surface area contributed by atoms with Gasteiger partial charge in [0.25, 0.3) is 0 Å². The third kappa shape index (κ3) is 1.68. The number of aromatic nitrogens is 1. The first-order chi connectivity index (χ1) is 7.33. The van der Waals surface area contributed by atoms with Crippen molar-refractivity contribution in [1.29, 1.82) is 0 Å². The third-order valence-electron chi connectivity index (χ3n) is 3.36. The average molecular weight is 221 g/mol. The van der Waals surface area contributed by atoms with E-state index in [0.717, 1.165) is 12.5 Å². The van der Waals surface area contributed by atoms with E-state index < -0.39 is 0 Å². The minimum absolute atomic E-state index is 0.565. The van der Waals surface area contributed by atoms with Crippen LogP contribution in [-0.4, -0.2) is 17.6 Å². The van der Waals surface area contributed by atoms with E-state index in [1.165, 1.54) is 24.0 Å². The maximum atomic E-state index is 5.77. The summed E-state index contributed by atoms with van der Waals surface area (Å²) in [5.74, 6) is 0.802. The highest BCUT2D eigenvalue weighted by atomic mass is 35.5. The summed E-state index contributed by atoms with van der Waals surface area (Å²) >= 11 is 5.77. The zero-order valence-electron chi connectivity index (χ0n) is 8.41. The molecule has 1 aliphatic carbocycles. The van der Waals surface area contributed by atoms with Gasteiger partial charge in [-0.2, -0.15) is 0 Å². The Labute approximate surface area is 94.4 Å². The molecule has 2 aliphatic rings. The fourth-order valence-electron chi connectivity index (χ4n) is 2.55. The highest BCUT2D eigenvalue weighted by Crippen LogP contribution is 2.36. The van der Waals surface area contributed by atoms with Gasteiger partial charge < -0.3 is 5.32 Å². The number of pyridine rings is 1. The van der Waals surface area contributed by atoms with Crippen LogP contribution in [0.1, 0.15) is 18.4 Å². The summed E-state index contributed by atoms with van der Waals surface area (Å²) in [5, 5.41) is 4.07. The first kappa shape index (κ1) is 9.37. The lowest BCUT2D eigenvalue weighted by Gasteiger charge is -2.06. The molecule has 1 fully saturated rings. The molecular weight excluding hydrogens is 208 g/mol. The van der Waals surface area contributed by atoms with Crippen molar-refractivity contribution in [2.45, 2.75) is 18.9 Å². The van der Waals surface area contributed by atoms with E-state index in [1.54, 1.807) is 0 Å². The summed E-state index contributed by atoms with van der Waals surface area (Å²) < 4.78 is 0. The van der Waals surface area contributed by atoms with Crippen LogP contribution >= 0.6 is 11.6 Å². The number of hydrogen-bond donors (Lipinski definition) is 1. The van der Waals surface area contributed by atoms with Gasteiger partial charge in [-0.3, -0.25) is 0 Å². The van der Waals surface area contributed by atoms with Crippen LogP contribution in [0.5, 0.6) is 0 Å². The van der Waals surface area contributed by atoms with Gasteiger partial charge in [-0.05, 0) is 42.5 Å². The number of nitrogens with zero attached hydrogens (tertiary/aromatic N) is 1. The zero-order valence-corrected chi connectivity index (χ0v) is 9.17. The lowest BCUT2D eigenvalue weighted by molar-refractivity contribution is 0.553. The Morgan fingerprint density at radius 3 is 3.07 bits per heavy atom. The maximum absolute atomic E-state index is 5.77. The van der Waals surface area contributed by atoms with Crippen molar-refractivity contribution in [2.75, 3.05) is 6.54 Å². The number of nitrogens with one attached hydrogen (secondary N) is 1. The van der Waals surface area contributed by atoms with Crippen LogP contribution in [0, 0.1) is 5.92 Å². The van der Waals surface area contributed by atoms with Gasteiger partial charge in [0.05, 0.1) is 0 Å². The van der Waals surface area contributed by atoms with Gasteiger partial charge in [0, 0.05) is 12.2 Å². The fraction of sp³-hybridized carbons (Fsp3) is 0.417. The SMILES string of the molecule is Clc1ccc(C2=CC3NCCC3C2)cn1. The molecule has 2 nitrogen and oxygen atoms in total. The maximum Gasteiger partial charge on any atom is 0.129 e. The highest BCUT2D eigenvalue weighted by molar-refractivity contribution is 6.29. The molecule has 78 valence electrons. The molecule has 0 spiro atoms. The Morgan fingerprint density at radius 2 is 2.33 bits per heavy atom. The van der Waals surface area contributed by atoms with Gasteiger partial charge in [-0.1, -0.05) is 23.7 Å². The van der Waals surface area contributed by atoms with Crippen molar-refractivity contribution >= 4 is 17.2 Å². The zero-order chi connectivity index (χ0) is 10.3. The van der Waals surface area contributed by atoms with Gasteiger partial charge in [0.15, 0.2) is 0 Å². The van der Waals surface area contributed by atoms with E-state index in [4.69, 9.17) is 11.6 Å². The molecular formula is C12H13ClN2. The molecule has 0 radical (unpaired) electrons. The molecule has 1 aliphatic heterocycles. The van der Waals surface area contributed by atoms with Crippen molar-refractivity contribution in [3.05, 3.63) is 35.1 Å². The Hall–Kier alpha value is -0.860. The summed E-state index contributed by atoms with van der Waals surface area (Å²) in [5.41, 5.74) is 2.64. The summed E-state index contributed by atoms with van der Waals surface area (Å²) in [7, 11) is 0. The molecule has 1 N–H and O–H groups in total. The highest BCUT2D eigenvalue weighted by Gasteiger charge is 2.31. The van der Waals surface area contributed by atoms with Crippen LogP contribution in [0.2, 0.25) is 5.15 Å². The molecule has 0 aromatic carbocycles. The van der Waals surface area contributed by atoms with E-state index in [-0.39, 0.29) is 0 Å². The average Bonchev–Trinajstić information content (AvgIpc) is 2.78. The van der Waals surface area contributed by atoms with Crippen molar-refractivity contribution in [3.8, 4) is 0 Å². The van der Waals surface area contributed by atoms with Crippen LogP contribution in [0.25, 0.3) is 5.57 Å². The molecule has 3 rings (SSSR count). The lowest BCUT2D eigenvalue weighted by Crippen LogP contribution is -2.20. The van der Waals surface area contributed by atoms with Crippen molar-refractivity contribution in [2.24, 2.45) is 5.92 Å². The smallest absolute Gasteiger partial charge is 0.129 e. The molecule has 1 aromatic heterocycles. The Kier molecular flexibility index (Phi) is 2.26. The summed E-state index contributed by atoms with van der Waals surface area (Å²) in [4.78, 5) is 4.12. The summed E-state index contributed by atoms with van der Waals surface area (Å²) in [6.45, 7) is 1.16. The standard InChI is InChI=1S/C12H13ClN2/c13-12-2-1-9(7-15-12)10-5-8-3-4-14-11(8)6-10/h1-2,6-8,11,14H,3-5H2. The molecule has 0 amide bonds. The second kappa shape index (κ2) is 3.62. The first-order valence-electron chi connectivity index (χ1n) is 5.39. The molecule has 3 heteroatoms. The summed E-state index contributed by atoms with van der Waals surface area (Å²) in [6.07, 6.45) is 6.70. The summed E-state index contributed by atoms with van der Waals surface area (Å²) in [6, 6.07) is 4.51. The Bertz CT molecular complexity index is 397. The number of allylic oxidation sites excluding steroid dienone is 1. The fourth-order valence-corrected chi connectivity index (χ4v) is 2.66. The Morgan fingerprint density at radius 1 is 1.40 bits per heavy atom. The Balaban J connectivity index is 1.87. The van der Waals surface area contributed by atoms with Gasteiger partial charge in [-0.15, -0.1) is 0 Å². The number of fused-ring (bicyclic) bond motifs is 1. The quantitative estimate of drug-likeness (QED) is 0.736. The van der Waals surface area contributed by atoms with Crippen molar-refractivity contribution in [3.63, 3.8) is 0 Å². The number of halogens is 1. The van der Waals surface area contributed by atoms with Gasteiger partial charge in [-0.25, -0.2) is 4.98 Å².